The summed E-state index contributed by atoms with van der Waals surface area (Å²) in [7, 11) is 2.95. The fourth-order valence-corrected chi connectivity index (χ4v) is 2.00. The van der Waals surface area contributed by atoms with E-state index in [1.807, 2.05) is 24.4 Å². The number of aromatic amines is 1. The zero-order chi connectivity index (χ0) is 13.1. The van der Waals surface area contributed by atoms with Crippen LogP contribution in [0, 0.1) is 0 Å². The molecule has 2 rings (SSSR count). The molecule has 1 heterocycles. The van der Waals surface area contributed by atoms with Crippen molar-refractivity contribution in [2.24, 2.45) is 5.73 Å². The smallest absolute Gasteiger partial charge is 0.322 e. The SMILES string of the molecule is COC(=O)C(N)Cc1c[nH]c2c(OC)cccc12. The lowest BCUT2D eigenvalue weighted by molar-refractivity contribution is -0.142. The van der Waals surface area contributed by atoms with Crippen molar-refractivity contribution in [3.05, 3.63) is 30.0 Å². The second-order valence-electron chi connectivity index (χ2n) is 4.03. The zero-order valence-corrected chi connectivity index (χ0v) is 10.4. The summed E-state index contributed by atoms with van der Waals surface area (Å²) < 4.78 is 9.88. The van der Waals surface area contributed by atoms with Crippen LogP contribution in [0.15, 0.2) is 24.4 Å². The first kappa shape index (κ1) is 12.4. The molecule has 1 unspecified atom stereocenters. The van der Waals surface area contributed by atoms with E-state index >= 15 is 0 Å². The Balaban J connectivity index is 2.32. The summed E-state index contributed by atoms with van der Waals surface area (Å²) in [5, 5.41) is 1.01. The molecule has 0 radical (unpaired) electrons. The molecule has 0 aliphatic heterocycles. The van der Waals surface area contributed by atoms with Crippen molar-refractivity contribution in [2.75, 3.05) is 14.2 Å². The number of H-pyrrole nitrogens is 1. The van der Waals surface area contributed by atoms with E-state index in [1.54, 1.807) is 7.11 Å². The Hall–Kier alpha value is -2.01. The number of para-hydroxylation sites is 1. The lowest BCUT2D eigenvalue weighted by atomic mass is 10.1. The topological polar surface area (TPSA) is 77.3 Å². The van der Waals surface area contributed by atoms with Crippen molar-refractivity contribution < 1.29 is 14.3 Å². The van der Waals surface area contributed by atoms with E-state index in [2.05, 4.69) is 9.72 Å². The fourth-order valence-electron chi connectivity index (χ4n) is 2.00. The molecule has 18 heavy (non-hydrogen) atoms. The second kappa shape index (κ2) is 5.10. The van der Waals surface area contributed by atoms with Crippen LogP contribution in [-0.2, 0) is 16.0 Å². The summed E-state index contributed by atoms with van der Waals surface area (Å²) in [6, 6.07) is 5.10. The van der Waals surface area contributed by atoms with E-state index < -0.39 is 12.0 Å². The summed E-state index contributed by atoms with van der Waals surface area (Å²) in [5.41, 5.74) is 7.64. The molecular formula is C13H16N2O3. The number of nitrogens with one attached hydrogen (secondary N) is 1. The lowest BCUT2D eigenvalue weighted by Crippen LogP contribution is -2.33. The number of ether oxygens (including phenoxy) is 2. The van der Waals surface area contributed by atoms with Gasteiger partial charge in [-0.2, -0.15) is 0 Å². The van der Waals surface area contributed by atoms with Crippen LogP contribution in [-0.4, -0.2) is 31.2 Å². The van der Waals surface area contributed by atoms with Crippen molar-refractivity contribution in [1.29, 1.82) is 0 Å². The summed E-state index contributed by atoms with van der Waals surface area (Å²) in [4.78, 5) is 14.5. The molecule has 1 aromatic carbocycles. The van der Waals surface area contributed by atoms with Gasteiger partial charge in [-0.15, -0.1) is 0 Å². The van der Waals surface area contributed by atoms with Crippen LogP contribution in [0.25, 0.3) is 10.9 Å². The molecule has 0 aliphatic rings. The highest BCUT2D eigenvalue weighted by atomic mass is 16.5. The van der Waals surface area contributed by atoms with Gasteiger partial charge in [0.05, 0.1) is 19.7 Å². The Morgan fingerprint density at radius 2 is 2.22 bits per heavy atom. The minimum Gasteiger partial charge on any atom is -0.495 e. The van der Waals surface area contributed by atoms with Gasteiger partial charge in [0.2, 0.25) is 0 Å². The number of esters is 1. The lowest BCUT2D eigenvalue weighted by Gasteiger charge is -2.08. The normalized spacial score (nSPS) is 12.4. The highest BCUT2D eigenvalue weighted by molar-refractivity contribution is 5.89. The van der Waals surface area contributed by atoms with Crippen molar-refractivity contribution in [3.63, 3.8) is 0 Å². The molecule has 3 N–H and O–H groups in total. The predicted octanol–water partition coefficient (Wildman–Crippen LogP) is 1.22. The Kier molecular flexibility index (Phi) is 3.53. The molecule has 96 valence electrons. The maximum Gasteiger partial charge on any atom is 0.322 e. The molecule has 0 aliphatic carbocycles. The summed E-state index contributed by atoms with van der Waals surface area (Å²) in [6.07, 6.45) is 2.27. The van der Waals surface area contributed by atoms with Crippen molar-refractivity contribution >= 4 is 16.9 Å². The van der Waals surface area contributed by atoms with E-state index in [9.17, 15) is 4.79 Å². The maximum atomic E-state index is 11.3. The van der Waals surface area contributed by atoms with Crippen LogP contribution in [0.4, 0.5) is 0 Å². The van der Waals surface area contributed by atoms with Crippen molar-refractivity contribution in [1.82, 2.24) is 4.98 Å². The fraction of sp³-hybridized carbons (Fsp3) is 0.308. The Morgan fingerprint density at radius 1 is 1.44 bits per heavy atom. The van der Waals surface area contributed by atoms with E-state index in [-0.39, 0.29) is 0 Å². The molecule has 0 spiro atoms. The number of aromatic nitrogens is 1. The molecule has 0 bridgehead atoms. The van der Waals surface area contributed by atoms with Crippen LogP contribution in [0.5, 0.6) is 5.75 Å². The van der Waals surface area contributed by atoms with E-state index in [1.165, 1.54) is 7.11 Å². The minimum absolute atomic E-state index is 0.410. The molecular weight excluding hydrogens is 232 g/mol. The van der Waals surface area contributed by atoms with Gasteiger partial charge in [0.1, 0.15) is 11.8 Å². The Morgan fingerprint density at radius 3 is 2.89 bits per heavy atom. The standard InChI is InChI=1S/C13H16N2O3/c1-17-11-5-3-4-9-8(7-15-12(9)11)6-10(14)13(16)18-2/h3-5,7,10,15H,6,14H2,1-2H3. The molecule has 0 saturated carbocycles. The van der Waals surface area contributed by atoms with E-state index in [0.29, 0.717) is 6.42 Å². The van der Waals surface area contributed by atoms with Crippen LogP contribution in [0.1, 0.15) is 5.56 Å². The van der Waals surface area contributed by atoms with Gasteiger partial charge < -0.3 is 20.2 Å². The number of carbonyl (C=O) groups is 1. The Bertz CT molecular complexity index is 562. The van der Waals surface area contributed by atoms with Gasteiger partial charge >= 0.3 is 5.97 Å². The number of hydrogen-bond donors (Lipinski definition) is 2. The highest BCUT2D eigenvalue weighted by Gasteiger charge is 2.17. The van der Waals surface area contributed by atoms with Crippen LogP contribution in [0.3, 0.4) is 0 Å². The number of rotatable bonds is 4. The number of fused-ring (bicyclic) bond motifs is 1. The van der Waals surface area contributed by atoms with Gasteiger partial charge in [-0.25, -0.2) is 0 Å². The van der Waals surface area contributed by atoms with Crippen LogP contribution < -0.4 is 10.5 Å². The minimum atomic E-state index is -0.653. The predicted molar refractivity (Wildman–Crippen MR) is 68.5 cm³/mol. The summed E-state index contributed by atoms with van der Waals surface area (Å²) in [5.74, 6) is 0.359. The largest absolute Gasteiger partial charge is 0.495 e. The average molecular weight is 248 g/mol. The number of benzene rings is 1. The third-order valence-electron chi connectivity index (χ3n) is 2.93. The molecule has 1 aromatic heterocycles. The average Bonchev–Trinajstić information content (AvgIpc) is 2.81. The molecule has 0 saturated heterocycles. The summed E-state index contributed by atoms with van der Waals surface area (Å²) in [6.45, 7) is 0. The van der Waals surface area contributed by atoms with Gasteiger partial charge in [-0.1, -0.05) is 12.1 Å². The molecule has 2 aromatic rings. The molecule has 5 nitrogen and oxygen atoms in total. The van der Waals surface area contributed by atoms with Gasteiger partial charge in [0, 0.05) is 18.0 Å². The van der Waals surface area contributed by atoms with Crippen molar-refractivity contribution in [2.45, 2.75) is 12.5 Å². The molecule has 1 atom stereocenters. The molecule has 5 heteroatoms. The van der Waals surface area contributed by atoms with Crippen LogP contribution in [0.2, 0.25) is 0 Å². The first-order valence-corrected chi connectivity index (χ1v) is 5.63. The van der Waals surface area contributed by atoms with Gasteiger partial charge in [-0.05, 0) is 11.6 Å². The van der Waals surface area contributed by atoms with Gasteiger partial charge in [-0.3, -0.25) is 4.79 Å². The molecule has 0 amide bonds. The number of carbonyl (C=O) groups excluding carboxylic acids is 1. The van der Waals surface area contributed by atoms with Gasteiger partial charge in [0.25, 0.3) is 0 Å². The third kappa shape index (κ3) is 2.17. The monoisotopic (exact) mass is 248 g/mol. The molecule has 0 fully saturated rings. The second-order valence-corrected chi connectivity index (χ2v) is 4.03. The van der Waals surface area contributed by atoms with Gasteiger partial charge in [0.15, 0.2) is 0 Å². The Labute approximate surface area is 105 Å². The summed E-state index contributed by atoms with van der Waals surface area (Å²) >= 11 is 0. The highest BCUT2D eigenvalue weighted by Crippen LogP contribution is 2.27. The maximum absolute atomic E-state index is 11.3. The zero-order valence-electron chi connectivity index (χ0n) is 10.4. The van der Waals surface area contributed by atoms with E-state index in [4.69, 9.17) is 10.5 Å². The number of hydrogen-bond acceptors (Lipinski definition) is 4. The van der Waals surface area contributed by atoms with Crippen molar-refractivity contribution in [3.8, 4) is 5.75 Å². The van der Waals surface area contributed by atoms with Crippen LogP contribution >= 0.6 is 0 Å². The third-order valence-corrected chi connectivity index (χ3v) is 2.93. The quantitative estimate of drug-likeness (QED) is 0.797. The number of methoxy groups -OCH3 is 2. The first-order chi connectivity index (χ1) is 8.67. The van der Waals surface area contributed by atoms with E-state index in [0.717, 1.165) is 22.2 Å². The number of nitrogens with two attached hydrogens (primary N) is 1. The first-order valence-electron chi connectivity index (χ1n) is 5.63.